The van der Waals surface area contributed by atoms with E-state index < -0.39 is 53.8 Å². The van der Waals surface area contributed by atoms with E-state index in [2.05, 4.69) is 25.9 Å². The Labute approximate surface area is 229 Å². The minimum absolute atomic E-state index is 0.0173. The van der Waals surface area contributed by atoms with Crippen LogP contribution in [-0.4, -0.2) is 86.0 Å². The first-order valence-electron chi connectivity index (χ1n) is 12.2. The molecule has 4 unspecified atom stereocenters. The number of rotatable bonds is 17. The number of aromatic amines is 1. The summed E-state index contributed by atoms with van der Waals surface area (Å²) in [5.74, 6) is -3.94. The van der Waals surface area contributed by atoms with Gasteiger partial charge in [-0.3, -0.25) is 19.2 Å². The fourth-order valence-corrected chi connectivity index (χ4v) is 4.08. The number of carboxylic acid groups (broad SMARTS) is 2. The lowest BCUT2D eigenvalue weighted by Gasteiger charge is -2.25. The molecule has 0 aliphatic heterocycles. The Morgan fingerprint density at radius 1 is 0.923 bits per heavy atom. The summed E-state index contributed by atoms with van der Waals surface area (Å²) in [6.07, 6.45) is 4.48. The summed E-state index contributed by atoms with van der Waals surface area (Å²) < 4.78 is 0. The molecule has 0 radical (unpaired) electrons. The summed E-state index contributed by atoms with van der Waals surface area (Å²) in [5, 5.41) is 26.1. The number of carboxylic acids is 2. The van der Waals surface area contributed by atoms with Crippen LogP contribution < -0.4 is 21.7 Å². The molecule has 14 heteroatoms. The molecule has 0 aliphatic rings. The topological polar surface area (TPSA) is 217 Å². The van der Waals surface area contributed by atoms with Gasteiger partial charge in [0.15, 0.2) is 0 Å². The number of amides is 3. The van der Waals surface area contributed by atoms with Crippen molar-refractivity contribution in [3.63, 3.8) is 0 Å². The Kier molecular flexibility index (Phi) is 13.0. The average molecular weight is 563 g/mol. The van der Waals surface area contributed by atoms with Crippen LogP contribution in [0.25, 0.3) is 0 Å². The number of aromatic nitrogens is 2. The molecular formula is C25H34N6O7S. The van der Waals surface area contributed by atoms with Crippen LogP contribution in [-0.2, 0) is 36.8 Å². The summed E-state index contributed by atoms with van der Waals surface area (Å²) >= 11 is 1.43. The first kappa shape index (κ1) is 31.3. The Morgan fingerprint density at radius 2 is 1.54 bits per heavy atom. The second kappa shape index (κ2) is 16.1. The van der Waals surface area contributed by atoms with Crippen LogP contribution in [0.1, 0.15) is 30.5 Å². The van der Waals surface area contributed by atoms with Gasteiger partial charge in [0.1, 0.15) is 18.1 Å². The molecule has 39 heavy (non-hydrogen) atoms. The maximum absolute atomic E-state index is 13.4. The molecule has 1 aromatic carbocycles. The van der Waals surface area contributed by atoms with Crippen molar-refractivity contribution in [1.82, 2.24) is 25.9 Å². The van der Waals surface area contributed by atoms with E-state index in [4.69, 9.17) is 10.8 Å². The third kappa shape index (κ3) is 11.2. The number of aliphatic carboxylic acids is 2. The minimum Gasteiger partial charge on any atom is -0.481 e. The number of hydrogen-bond donors (Lipinski definition) is 7. The van der Waals surface area contributed by atoms with E-state index in [1.54, 1.807) is 30.3 Å². The lowest BCUT2D eigenvalue weighted by Crippen LogP contribution is -2.58. The number of hydrogen-bond acceptors (Lipinski definition) is 8. The zero-order valence-electron chi connectivity index (χ0n) is 21.5. The molecule has 2 rings (SSSR count). The molecule has 212 valence electrons. The van der Waals surface area contributed by atoms with Crippen molar-refractivity contribution in [1.29, 1.82) is 0 Å². The molecule has 4 atom stereocenters. The molecular weight excluding hydrogens is 528 g/mol. The SMILES string of the molecule is CSCCC(NC(=O)C(Cc1cnc[nH]1)NC(=O)C(Cc1ccccc1)NC(=O)C(N)CCC(=O)O)C(=O)O. The van der Waals surface area contributed by atoms with Gasteiger partial charge in [-0.05, 0) is 30.4 Å². The van der Waals surface area contributed by atoms with Crippen LogP contribution in [0.5, 0.6) is 0 Å². The van der Waals surface area contributed by atoms with E-state index >= 15 is 0 Å². The quantitative estimate of drug-likeness (QED) is 0.133. The minimum atomic E-state index is -1.20. The number of imidazole rings is 1. The molecule has 0 saturated heterocycles. The first-order valence-corrected chi connectivity index (χ1v) is 13.6. The van der Waals surface area contributed by atoms with Gasteiger partial charge in [-0.25, -0.2) is 9.78 Å². The Bertz CT molecular complexity index is 1100. The number of nitrogens with zero attached hydrogens (tertiary/aromatic N) is 1. The van der Waals surface area contributed by atoms with Gasteiger partial charge in [0, 0.05) is 31.2 Å². The smallest absolute Gasteiger partial charge is 0.326 e. The van der Waals surface area contributed by atoms with Crippen LogP contribution in [0.4, 0.5) is 0 Å². The number of carbonyl (C=O) groups is 5. The second-order valence-electron chi connectivity index (χ2n) is 8.81. The normalized spacial score (nSPS) is 13.9. The van der Waals surface area contributed by atoms with Crippen molar-refractivity contribution in [2.24, 2.45) is 5.73 Å². The van der Waals surface area contributed by atoms with Crippen molar-refractivity contribution in [3.8, 4) is 0 Å². The maximum Gasteiger partial charge on any atom is 0.326 e. The van der Waals surface area contributed by atoms with Gasteiger partial charge in [0.05, 0.1) is 12.4 Å². The van der Waals surface area contributed by atoms with E-state index in [-0.39, 0.29) is 32.1 Å². The van der Waals surface area contributed by atoms with Crippen molar-refractivity contribution >= 4 is 41.4 Å². The van der Waals surface area contributed by atoms with E-state index in [1.807, 2.05) is 6.26 Å². The predicted octanol–water partition coefficient (Wildman–Crippen LogP) is -0.321. The third-order valence-corrected chi connectivity index (χ3v) is 6.40. The number of nitrogens with two attached hydrogens (primary N) is 1. The largest absolute Gasteiger partial charge is 0.481 e. The maximum atomic E-state index is 13.4. The van der Waals surface area contributed by atoms with Crippen molar-refractivity contribution in [3.05, 3.63) is 54.1 Å². The van der Waals surface area contributed by atoms with E-state index in [1.165, 1.54) is 24.3 Å². The van der Waals surface area contributed by atoms with Gasteiger partial charge in [-0.15, -0.1) is 0 Å². The van der Waals surface area contributed by atoms with E-state index in [9.17, 15) is 29.1 Å². The van der Waals surface area contributed by atoms with E-state index in [0.29, 0.717) is 11.4 Å². The van der Waals surface area contributed by atoms with Crippen LogP contribution in [0, 0.1) is 0 Å². The molecule has 3 amide bonds. The fraction of sp³-hybridized carbons (Fsp3) is 0.440. The highest BCUT2D eigenvalue weighted by Gasteiger charge is 2.31. The van der Waals surface area contributed by atoms with Crippen LogP contribution in [0.3, 0.4) is 0 Å². The number of nitrogens with one attached hydrogen (secondary N) is 4. The van der Waals surface area contributed by atoms with Gasteiger partial charge < -0.3 is 36.9 Å². The lowest BCUT2D eigenvalue weighted by atomic mass is 10.0. The van der Waals surface area contributed by atoms with Crippen LogP contribution in [0.15, 0.2) is 42.9 Å². The number of carbonyl (C=O) groups excluding carboxylic acids is 3. The monoisotopic (exact) mass is 562 g/mol. The molecule has 2 aromatic rings. The van der Waals surface area contributed by atoms with Crippen LogP contribution >= 0.6 is 11.8 Å². The van der Waals surface area contributed by atoms with Gasteiger partial charge in [0.25, 0.3) is 0 Å². The van der Waals surface area contributed by atoms with Crippen molar-refractivity contribution in [2.75, 3.05) is 12.0 Å². The lowest BCUT2D eigenvalue weighted by molar-refractivity contribution is -0.142. The molecule has 8 N–H and O–H groups in total. The summed E-state index contributed by atoms with van der Waals surface area (Å²) in [6.45, 7) is 0. The zero-order chi connectivity index (χ0) is 28.8. The highest BCUT2D eigenvalue weighted by atomic mass is 32.2. The second-order valence-corrected chi connectivity index (χ2v) is 9.80. The van der Waals surface area contributed by atoms with Gasteiger partial charge in [-0.1, -0.05) is 30.3 Å². The van der Waals surface area contributed by atoms with Gasteiger partial charge in [0.2, 0.25) is 17.7 Å². The standard InChI is InChI=1S/C25H34N6O7S/c1-39-10-9-18(25(37)38)29-24(36)20(12-16-13-27-14-28-16)31-23(35)19(11-15-5-3-2-4-6-15)30-22(34)17(26)7-8-21(32)33/h2-6,13-14,17-20H,7-12,26H2,1H3,(H,27,28)(H,29,36)(H,30,34)(H,31,35)(H,32,33)(H,37,38). The zero-order valence-corrected chi connectivity index (χ0v) is 22.3. The number of H-pyrrole nitrogens is 1. The average Bonchev–Trinajstić information content (AvgIpc) is 3.42. The van der Waals surface area contributed by atoms with Crippen molar-refractivity contribution < 1.29 is 34.2 Å². The predicted molar refractivity (Wildman–Crippen MR) is 144 cm³/mol. The Hall–Kier alpha value is -3.91. The van der Waals surface area contributed by atoms with Gasteiger partial charge in [-0.2, -0.15) is 11.8 Å². The molecule has 13 nitrogen and oxygen atoms in total. The van der Waals surface area contributed by atoms with Gasteiger partial charge >= 0.3 is 11.9 Å². The molecule has 0 spiro atoms. The fourth-order valence-electron chi connectivity index (χ4n) is 3.61. The molecule has 0 bridgehead atoms. The summed E-state index contributed by atoms with van der Waals surface area (Å²) in [7, 11) is 0. The first-order chi connectivity index (χ1) is 18.6. The molecule has 1 aromatic heterocycles. The highest BCUT2D eigenvalue weighted by molar-refractivity contribution is 7.98. The molecule has 1 heterocycles. The number of benzene rings is 1. The van der Waals surface area contributed by atoms with Crippen molar-refractivity contribution in [2.45, 2.75) is 56.3 Å². The molecule has 0 saturated carbocycles. The molecule has 0 fully saturated rings. The summed E-state index contributed by atoms with van der Waals surface area (Å²) in [4.78, 5) is 68.5. The molecule has 0 aliphatic carbocycles. The Balaban J connectivity index is 2.24. The third-order valence-electron chi connectivity index (χ3n) is 5.76. The highest BCUT2D eigenvalue weighted by Crippen LogP contribution is 2.08. The Morgan fingerprint density at radius 3 is 2.10 bits per heavy atom. The number of thioether (sulfide) groups is 1. The summed E-state index contributed by atoms with van der Waals surface area (Å²) in [5.41, 5.74) is 7.07. The van der Waals surface area contributed by atoms with Crippen LogP contribution in [0.2, 0.25) is 0 Å². The summed E-state index contributed by atoms with van der Waals surface area (Å²) in [6, 6.07) is 4.18. The van der Waals surface area contributed by atoms with E-state index in [0.717, 1.165) is 5.56 Å².